The van der Waals surface area contributed by atoms with Crippen molar-refractivity contribution in [2.45, 2.75) is 26.1 Å². The van der Waals surface area contributed by atoms with E-state index in [1.807, 2.05) is 78.9 Å². The Morgan fingerprint density at radius 2 is 0.950 bits per heavy atom. The monoisotopic (exact) mass is 544 g/mol. The van der Waals surface area contributed by atoms with Gasteiger partial charge in [0.25, 0.3) is 0 Å². The number of phenolic OH excluding ortho intramolecular Hbond substituents is 2. The van der Waals surface area contributed by atoms with Gasteiger partial charge in [-0.2, -0.15) is 0 Å². The Hall–Kier alpha value is -4.98. The first kappa shape index (κ1) is 29.6. The van der Waals surface area contributed by atoms with Crippen molar-refractivity contribution >= 4 is 11.9 Å². The molecule has 2 N–H and O–H groups in total. The van der Waals surface area contributed by atoms with Crippen LogP contribution in [0.25, 0.3) is 0 Å². The number of ether oxygens (including phenoxy) is 4. The molecule has 0 atom stereocenters. The molecular weight excluding hydrogens is 512 g/mol. The van der Waals surface area contributed by atoms with Crippen LogP contribution in [0.2, 0.25) is 0 Å². The van der Waals surface area contributed by atoms with Crippen molar-refractivity contribution in [3.8, 4) is 23.0 Å². The van der Waals surface area contributed by atoms with Crippen LogP contribution in [0.3, 0.4) is 0 Å². The standard InChI is InChI=1S/C23H22O4.C9H10O4/c1-25-23(24)14-20-12-21(26-16-18-8-4-2-5-9-18)15-22(13-20)27-17-19-10-6-3-7-11-19;1-13-9(12)4-6-2-7(10)5-8(11)3-6/h2-13,15H,14,16-17H2,1H3;2-3,5,10-11H,4H2,1H3. The van der Waals surface area contributed by atoms with Gasteiger partial charge in [0.1, 0.15) is 36.2 Å². The minimum absolute atomic E-state index is 0.0401. The summed E-state index contributed by atoms with van der Waals surface area (Å²) in [5, 5.41) is 18.1. The maximum atomic E-state index is 11.7. The molecular formula is C32H32O8. The molecule has 0 heterocycles. The van der Waals surface area contributed by atoms with E-state index in [-0.39, 0.29) is 30.3 Å². The lowest BCUT2D eigenvalue weighted by Gasteiger charge is -2.12. The van der Waals surface area contributed by atoms with Crippen LogP contribution >= 0.6 is 0 Å². The lowest BCUT2D eigenvalue weighted by atomic mass is 10.1. The second kappa shape index (κ2) is 15.4. The molecule has 8 heteroatoms. The first-order valence-corrected chi connectivity index (χ1v) is 12.5. The second-order valence-corrected chi connectivity index (χ2v) is 8.72. The summed E-state index contributed by atoms with van der Waals surface area (Å²) in [5.41, 5.74) is 3.45. The summed E-state index contributed by atoms with van der Waals surface area (Å²) >= 11 is 0. The SMILES string of the molecule is COC(=O)Cc1cc(O)cc(O)c1.COC(=O)Cc1cc(OCc2ccccc2)cc(OCc2ccccc2)c1. The Bertz CT molecular complexity index is 1290. The maximum Gasteiger partial charge on any atom is 0.309 e. The van der Waals surface area contributed by atoms with Gasteiger partial charge in [0, 0.05) is 12.1 Å². The highest BCUT2D eigenvalue weighted by atomic mass is 16.5. The van der Waals surface area contributed by atoms with Crippen molar-refractivity contribution in [2.75, 3.05) is 14.2 Å². The molecule has 8 nitrogen and oxygen atoms in total. The third-order valence-corrected chi connectivity index (χ3v) is 5.55. The van der Waals surface area contributed by atoms with Gasteiger partial charge in [-0.15, -0.1) is 0 Å². The molecule has 40 heavy (non-hydrogen) atoms. The number of benzene rings is 4. The fraction of sp³-hybridized carbons (Fsp3) is 0.188. The predicted molar refractivity (Wildman–Crippen MR) is 149 cm³/mol. The average molecular weight is 545 g/mol. The zero-order valence-electron chi connectivity index (χ0n) is 22.4. The van der Waals surface area contributed by atoms with E-state index in [0.29, 0.717) is 30.3 Å². The van der Waals surface area contributed by atoms with Crippen LogP contribution in [0.4, 0.5) is 0 Å². The van der Waals surface area contributed by atoms with Crippen molar-refractivity contribution in [1.82, 2.24) is 0 Å². The Labute approximate surface area is 233 Å². The third-order valence-electron chi connectivity index (χ3n) is 5.55. The smallest absolute Gasteiger partial charge is 0.309 e. The van der Waals surface area contributed by atoms with Gasteiger partial charge < -0.3 is 29.2 Å². The molecule has 4 rings (SSSR count). The van der Waals surface area contributed by atoms with E-state index in [0.717, 1.165) is 16.7 Å². The number of hydrogen-bond donors (Lipinski definition) is 2. The second-order valence-electron chi connectivity index (χ2n) is 8.72. The summed E-state index contributed by atoms with van der Waals surface area (Å²) < 4.78 is 21.0. The van der Waals surface area contributed by atoms with Gasteiger partial charge >= 0.3 is 11.9 Å². The van der Waals surface area contributed by atoms with Gasteiger partial charge in [-0.25, -0.2) is 0 Å². The molecule has 0 aromatic heterocycles. The van der Waals surface area contributed by atoms with Crippen LogP contribution in [-0.4, -0.2) is 36.4 Å². The topological polar surface area (TPSA) is 112 Å². The molecule has 4 aromatic rings. The van der Waals surface area contributed by atoms with E-state index >= 15 is 0 Å². The van der Waals surface area contributed by atoms with Crippen LogP contribution < -0.4 is 9.47 Å². The van der Waals surface area contributed by atoms with E-state index < -0.39 is 5.97 Å². The number of carbonyl (C=O) groups is 2. The number of aromatic hydroxyl groups is 2. The summed E-state index contributed by atoms with van der Waals surface area (Å²) in [4.78, 5) is 22.5. The van der Waals surface area contributed by atoms with Crippen molar-refractivity contribution in [3.63, 3.8) is 0 Å². The quantitative estimate of drug-likeness (QED) is 0.256. The third kappa shape index (κ3) is 10.4. The van der Waals surface area contributed by atoms with E-state index in [4.69, 9.17) is 24.4 Å². The minimum Gasteiger partial charge on any atom is -0.508 e. The number of carbonyl (C=O) groups excluding carboxylic acids is 2. The van der Waals surface area contributed by atoms with Gasteiger partial charge in [-0.3, -0.25) is 9.59 Å². The normalized spacial score (nSPS) is 10.1. The van der Waals surface area contributed by atoms with Crippen molar-refractivity contribution in [3.05, 3.63) is 119 Å². The first-order chi connectivity index (χ1) is 19.3. The van der Waals surface area contributed by atoms with Crippen LogP contribution in [0.15, 0.2) is 97.1 Å². The number of rotatable bonds is 10. The fourth-order valence-corrected chi connectivity index (χ4v) is 3.62. The molecule has 4 aromatic carbocycles. The molecule has 0 radical (unpaired) electrons. The van der Waals surface area contributed by atoms with E-state index in [9.17, 15) is 9.59 Å². The molecule has 0 saturated heterocycles. The fourth-order valence-electron chi connectivity index (χ4n) is 3.62. The molecule has 0 fully saturated rings. The molecule has 0 aliphatic heterocycles. The molecule has 0 amide bonds. The van der Waals surface area contributed by atoms with E-state index in [1.54, 1.807) is 0 Å². The lowest BCUT2D eigenvalue weighted by molar-refractivity contribution is -0.140. The Balaban J connectivity index is 0.000000285. The summed E-state index contributed by atoms with van der Waals surface area (Å²) in [6, 6.07) is 29.4. The maximum absolute atomic E-state index is 11.7. The van der Waals surface area contributed by atoms with Crippen LogP contribution in [0, 0.1) is 0 Å². The highest BCUT2D eigenvalue weighted by molar-refractivity contribution is 5.73. The molecule has 208 valence electrons. The number of phenols is 2. The number of methoxy groups -OCH3 is 2. The van der Waals surface area contributed by atoms with Gasteiger partial charge in [0.15, 0.2) is 0 Å². The largest absolute Gasteiger partial charge is 0.508 e. The minimum atomic E-state index is -0.412. The lowest BCUT2D eigenvalue weighted by Crippen LogP contribution is -2.05. The molecule has 0 spiro atoms. The Kier molecular flexibility index (Phi) is 11.4. The summed E-state index contributed by atoms with van der Waals surface area (Å²) in [7, 11) is 2.66. The van der Waals surface area contributed by atoms with Crippen LogP contribution in [0.5, 0.6) is 23.0 Å². The summed E-state index contributed by atoms with van der Waals surface area (Å²) in [6.07, 6.45) is 0.208. The molecule has 0 aliphatic rings. The molecule has 0 unspecified atom stereocenters. The van der Waals surface area contributed by atoms with E-state index in [2.05, 4.69) is 4.74 Å². The number of hydrogen-bond acceptors (Lipinski definition) is 8. The van der Waals surface area contributed by atoms with E-state index in [1.165, 1.54) is 32.4 Å². The Morgan fingerprint density at radius 1 is 0.550 bits per heavy atom. The van der Waals surface area contributed by atoms with Gasteiger partial charge in [0.05, 0.1) is 27.1 Å². The zero-order chi connectivity index (χ0) is 28.7. The summed E-state index contributed by atoms with van der Waals surface area (Å²) in [6.45, 7) is 0.890. The first-order valence-electron chi connectivity index (χ1n) is 12.5. The van der Waals surface area contributed by atoms with Crippen LogP contribution in [0.1, 0.15) is 22.3 Å². The zero-order valence-corrected chi connectivity index (χ0v) is 22.4. The predicted octanol–water partition coefficient (Wildman–Crippen LogP) is 5.37. The number of esters is 2. The Morgan fingerprint density at radius 3 is 1.35 bits per heavy atom. The molecule has 0 saturated carbocycles. The molecule has 0 aliphatic carbocycles. The molecule has 0 bridgehead atoms. The van der Waals surface area contributed by atoms with Crippen molar-refractivity contribution in [1.29, 1.82) is 0 Å². The van der Waals surface area contributed by atoms with Gasteiger partial charge in [-0.05, 0) is 46.5 Å². The van der Waals surface area contributed by atoms with Crippen LogP contribution in [-0.2, 0) is 45.1 Å². The van der Waals surface area contributed by atoms with Crippen molar-refractivity contribution < 1.29 is 38.7 Å². The van der Waals surface area contributed by atoms with Gasteiger partial charge in [0.2, 0.25) is 0 Å². The summed E-state index contributed by atoms with van der Waals surface area (Å²) in [5.74, 6) is 0.457. The average Bonchev–Trinajstić information content (AvgIpc) is 2.95. The van der Waals surface area contributed by atoms with Crippen molar-refractivity contribution in [2.24, 2.45) is 0 Å². The highest BCUT2D eigenvalue weighted by Crippen LogP contribution is 2.25. The van der Waals surface area contributed by atoms with Gasteiger partial charge in [-0.1, -0.05) is 60.7 Å². The highest BCUT2D eigenvalue weighted by Gasteiger charge is 2.09.